The normalized spacial score (nSPS) is 36.2. The molecule has 1 fully saturated rings. The SMILES string of the molecule is C1=CC2CC[C]1OC2. The molecule has 0 aromatic heterocycles. The van der Waals surface area contributed by atoms with E-state index < -0.39 is 0 Å². The zero-order valence-electron chi connectivity index (χ0n) is 4.76. The van der Waals surface area contributed by atoms with E-state index >= 15 is 0 Å². The van der Waals surface area contributed by atoms with Gasteiger partial charge in [-0.2, -0.15) is 0 Å². The van der Waals surface area contributed by atoms with E-state index in [1.54, 1.807) is 0 Å². The molecule has 1 saturated heterocycles. The lowest BCUT2D eigenvalue weighted by molar-refractivity contribution is 0.0810. The Kier molecular flexibility index (Phi) is 0.908. The summed E-state index contributed by atoms with van der Waals surface area (Å²) in [7, 11) is 0. The Labute approximate surface area is 49.3 Å². The third kappa shape index (κ3) is 0.583. The Bertz CT molecular complexity index is 95.6. The molecular weight excluding hydrogens is 100 g/mol. The van der Waals surface area contributed by atoms with Crippen molar-refractivity contribution in [3.8, 4) is 0 Å². The lowest BCUT2D eigenvalue weighted by Gasteiger charge is -2.29. The van der Waals surface area contributed by atoms with Crippen molar-refractivity contribution in [3.63, 3.8) is 0 Å². The molecule has 0 N–H and O–H groups in total. The maximum atomic E-state index is 5.31. The van der Waals surface area contributed by atoms with Gasteiger partial charge in [0, 0.05) is 5.92 Å². The average molecular weight is 109 g/mol. The molecule has 1 unspecified atom stereocenters. The number of hydrogen-bond donors (Lipinski definition) is 0. The maximum absolute atomic E-state index is 5.31. The highest BCUT2D eigenvalue weighted by atomic mass is 16.5. The molecule has 43 valence electrons. The van der Waals surface area contributed by atoms with E-state index in [2.05, 4.69) is 12.2 Å². The highest BCUT2D eigenvalue weighted by molar-refractivity contribution is 5.13. The van der Waals surface area contributed by atoms with Crippen molar-refractivity contribution in [3.05, 3.63) is 18.3 Å². The number of hydrogen-bond acceptors (Lipinski definition) is 1. The Morgan fingerprint density at radius 2 is 2.62 bits per heavy atom. The zero-order valence-corrected chi connectivity index (χ0v) is 4.76. The summed E-state index contributed by atoms with van der Waals surface area (Å²) < 4.78 is 5.31. The van der Waals surface area contributed by atoms with E-state index in [0.717, 1.165) is 12.5 Å². The van der Waals surface area contributed by atoms with Crippen LogP contribution in [0.5, 0.6) is 0 Å². The highest BCUT2D eigenvalue weighted by Crippen LogP contribution is 2.30. The van der Waals surface area contributed by atoms with E-state index in [-0.39, 0.29) is 0 Å². The van der Waals surface area contributed by atoms with Crippen molar-refractivity contribution in [2.75, 3.05) is 6.61 Å². The number of fused-ring (bicyclic) bond motifs is 2. The van der Waals surface area contributed by atoms with E-state index in [9.17, 15) is 0 Å². The Hall–Kier alpha value is -0.300. The third-order valence-electron chi connectivity index (χ3n) is 1.80. The highest BCUT2D eigenvalue weighted by Gasteiger charge is 2.23. The predicted molar refractivity (Wildman–Crippen MR) is 31.1 cm³/mol. The van der Waals surface area contributed by atoms with Crippen LogP contribution in [0.1, 0.15) is 12.8 Å². The third-order valence-corrected chi connectivity index (χ3v) is 1.80. The van der Waals surface area contributed by atoms with Crippen molar-refractivity contribution in [1.29, 1.82) is 0 Å². The minimum Gasteiger partial charge on any atom is -0.367 e. The molecule has 1 atom stereocenters. The van der Waals surface area contributed by atoms with Crippen molar-refractivity contribution in [2.45, 2.75) is 12.8 Å². The summed E-state index contributed by atoms with van der Waals surface area (Å²) >= 11 is 0. The lowest BCUT2D eigenvalue weighted by atomic mass is 9.92. The summed E-state index contributed by atoms with van der Waals surface area (Å²) in [6.07, 6.45) is 8.03. The second-order valence-corrected chi connectivity index (χ2v) is 2.44. The summed E-state index contributed by atoms with van der Waals surface area (Å²) in [5.41, 5.74) is 0. The number of ether oxygens (including phenoxy) is 1. The standard InChI is InChI=1S/C7H9O/c1-3-7-4-2-6(1)5-8-7/h1,3,6H,2,4-5H2. The van der Waals surface area contributed by atoms with Crippen LogP contribution in [0.2, 0.25) is 0 Å². The molecule has 0 saturated carbocycles. The topological polar surface area (TPSA) is 9.23 Å². The molecule has 1 nitrogen and oxygen atoms in total. The molecule has 2 heterocycles. The van der Waals surface area contributed by atoms with Gasteiger partial charge in [0.15, 0.2) is 0 Å². The first kappa shape index (κ1) is 4.57. The van der Waals surface area contributed by atoms with Gasteiger partial charge in [0.05, 0.1) is 6.61 Å². The van der Waals surface area contributed by atoms with Crippen LogP contribution in [0.4, 0.5) is 0 Å². The fraction of sp³-hybridized carbons (Fsp3) is 0.571. The monoisotopic (exact) mass is 109 g/mol. The molecule has 0 aromatic rings. The van der Waals surface area contributed by atoms with Crippen LogP contribution in [0.15, 0.2) is 12.2 Å². The smallest absolute Gasteiger partial charge is 0.119 e. The van der Waals surface area contributed by atoms with E-state index in [4.69, 9.17) is 4.74 Å². The Morgan fingerprint density at radius 1 is 1.62 bits per heavy atom. The van der Waals surface area contributed by atoms with Crippen LogP contribution in [0.3, 0.4) is 0 Å². The molecule has 2 bridgehead atoms. The van der Waals surface area contributed by atoms with Crippen LogP contribution in [-0.2, 0) is 4.74 Å². The van der Waals surface area contributed by atoms with Gasteiger partial charge in [-0.15, -0.1) is 0 Å². The molecule has 1 heteroatoms. The Morgan fingerprint density at radius 3 is 2.75 bits per heavy atom. The van der Waals surface area contributed by atoms with Crippen LogP contribution in [0.25, 0.3) is 0 Å². The van der Waals surface area contributed by atoms with Gasteiger partial charge >= 0.3 is 0 Å². The fourth-order valence-corrected chi connectivity index (χ4v) is 1.22. The van der Waals surface area contributed by atoms with Gasteiger partial charge in [0.1, 0.15) is 6.10 Å². The van der Waals surface area contributed by atoms with Crippen LogP contribution in [0, 0.1) is 12.0 Å². The van der Waals surface area contributed by atoms with Gasteiger partial charge in [-0.25, -0.2) is 0 Å². The van der Waals surface area contributed by atoms with Gasteiger partial charge in [0.2, 0.25) is 0 Å². The van der Waals surface area contributed by atoms with Gasteiger partial charge in [-0.05, 0) is 12.8 Å². The molecule has 0 spiro atoms. The molecule has 3 rings (SSSR count). The van der Waals surface area contributed by atoms with E-state index in [0.29, 0.717) is 0 Å². The number of rotatable bonds is 0. The van der Waals surface area contributed by atoms with Crippen molar-refractivity contribution in [1.82, 2.24) is 0 Å². The first-order valence-corrected chi connectivity index (χ1v) is 3.12. The first-order chi connectivity index (χ1) is 3.95. The summed E-state index contributed by atoms with van der Waals surface area (Å²) in [5.74, 6) is 0.729. The summed E-state index contributed by atoms with van der Waals surface area (Å²) in [5, 5.41) is 0. The first-order valence-electron chi connectivity index (χ1n) is 3.12. The summed E-state index contributed by atoms with van der Waals surface area (Å²) in [6, 6.07) is 0. The van der Waals surface area contributed by atoms with Crippen LogP contribution >= 0.6 is 0 Å². The van der Waals surface area contributed by atoms with E-state index in [1.807, 2.05) is 0 Å². The minimum absolute atomic E-state index is 0.729. The molecule has 1 radical (unpaired) electrons. The average Bonchev–Trinajstić information content (AvgIpc) is 1.92. The quantitative estimate of drug-likeness (QED) is 0.458. The molecule has 2 aliphatic heterocycles. The van der Waals surface area contributed by atoms with E-state index in [1.165, 1.54) is 18.9 Å². The van der Waals surface area contributed by atoms with Crippen molar-refractivity contribution >= 4 is 0 Å². The Balaban J connectivity index is 2.20. The van der Waals surface area contributed by atoms with Gasteiger partial charge in [-0.1, -0.05) is 12.2 Å². The molecule has 0 amide bonds. The second-order valence-electron chi connectivity index (χ2n) is 2.44. The minimum atomic E-state index is 0.729. The largest absolute Gasteiger partial charge is 0.367 e. The predicted octanol–water partition coefficient (Wildman–Crippen LogP) is 1.51. The maximum Gasteiger partial charge on any atom is 0.119 e. The van der Waals surface area contributed by atoms with Gasteiger partial charge in [0.25, 0.3) is 0 Å². The molecule has 8 heavy (non-hydrogen) atoms. The van der Waals surface area contributed by atoms with Crippen molar-refractivity contribution < 1.29 is 4.74 Å². The summed E-state index contributed by atoms with van der Waals surface area (Å²) in [6.45, 7) is 0.936. The second kappa shape index (κ2) is 1.59. The summed E-state index contributed by atoms with van der Waals surface area (Å²) in [4.78, 5) is 0. The molecule has 3 aliphatic rings. The molecule has 0 aromatic carbocycles. The molecule has 1 aliphatic carbocycles. The zero-order chi connectivity index (χ0) is 5.40. The van der Waals surface area contributed by atoms with Crippen LogP contribution < -0.4 is 0 Å². The molecular formula is C7H9O. The lowest BCUT2D eigenvalue weighted by Crippen LogP contribution is -2.22. The van der Waals surface area contributed by atoms with Gasteiger partial charge < -0.3 is 4.74 Å². The van der Waals surface area contributed by atoms with Crippen LogP contribution in [-0.4, -0.2) is 6.61 Å². The van der Waals surface area contributed by atoms with Crippen molar-refractivity contribution in [2.24, 2.45) is 5.92 Å². The van der Waals surface area contributed by atoms with Gasteiger partial charge in [-0.3, -0.25) is 0 Å². The fourth-order valence-electron chi connectivity index (χ4n) is 1.22.